The minimum absolute atomic E-state index is 0.00755. The van der Waals surface area contributed by atoms with Gasteiger partial charge in [-0.25, -0.2) is 25.6 Å². The first-order chi connectivity index (χ1) is 28.1. The molecule has 0 aliphatic rings. The zero-order chi connectivity index (χ0) is 44.2. The number of alkyl halides is 6. The van der Waals surface area contributed by atoms with Crippen molar-refractivity contribution in [2.45, 2.75) is 52.1 Å². The smallest absolute Gasteiger partial charge is 0.396 e. The number of thiophene rings is 2. The quantitative estimate of drug-likeness (QED) is 0.0860. The molecule has 0 amide bonds. The molecule has 1 N–H and O–H groups in total. The highest BCUT2D eigenvalue weighted by atomic mass is 32.2. The topological polar surface area (TPSA) is 112 Å². The van der Waals surface area contributed by atoms with Crippen molar-refractivity contribution in [2.24, 2.45) is 0 Å². The zero-order valence-electron chi connectivity index (χ0n) is 31.6. The van der Waals surface area contributed by atoms with E-state index in [0.717, 1.165) is 40.9 Å². The number of aliphatic hydroxyl groups excluding tert-OH is 1. The molecular weight excluding hydrogens is 885 g/mol. The van der Waals surface area contributed by atoms with Crippen LogP contribution in [0, 0.1) is 25.5 Å². The van der Waals surface area contributed by atoms with Gasteiger partial charge in [0, 0.05) is 22.4 Å². The zero-order valence-corrected chi connectivity index (χ0v) is 34.9. The van der Waals surface area contributed by atoms with Crippen LogP contribution in [0.5, 0.6) is 0 Å². The van der Waals surface area contributed by atoms with Crippen molar-refractivity contribution >= 4 is 79.2 Å². The molecule has 2 aromatic heterocycles. The summed E-state index contributed by atoms with van der Waals surface area (Å²) in [5.74, 6) is -3.71. The first kappa shape index (κ1) is 46.4. The van der Waals surface area contributed by atoms with Crippen molar-refractivity contribution in [3.8, 4) is 0 Å². The fraction of sp³-hybridized carbons (Fsp3) is 0.275. The standard InChI is InChI=1S/C20H19F4NO3S2.C20H17F4NO3S2/c2*1-13-15-5-2-3-6-18(15)29-19(13)25(30(27,28)10-4-9-26)12-14-7-8-17(21)16(11-14)20(22,23)24/h2-3,5-8,11,26H,4,9-10,12H2,1H3;2-3,5-9,11H,4,10,12H2,1H3. The number of benzene rings is 4. The highest BCUT2D eigenvalue weighted by Gasteiger charge is 2.36. The minimum Gasteiger partial charge on any atom is -0.396 e. The summed E-state index contributed by atoms with van der Waals surface area (Å²) in [6, 6.07) is 19.4. The number of aryl methyl sites for hydroxylation is 2. The molecule has 0 aliphatic heterocycles. The van der Waals surface area contributed by atoms with Crippen LogP contribution in [0.4, 0.5) is 45.1 Å². The predicted molar refractivity (Wildman–Crippen MR) is 218 cm³/mol. The third-order valence-corrected chi connectivity index (χ3v) is 15.5. The summed E-state index contributed by atoms with van der Waals surface area (Å²) in [4.78, 5) is 10.7. The van der Waals surface area contributed by atoms with Gasteiger partial charge in [-0.1, -0.05) is 48.5 Å². The second-order valence-corrected chi connectivity index (χ2v) is 19.4. The van der Waals surface area contributed by atoms with Gasteiger partial charge in [0.25, 0.3) is 0 Å². The van der Waals surface area contributed by atoms with E-state index in [1.54, 1.807) is 26.0 Å². The fourth-order valence-corrected chi connectivity index (χ4v) is 12.1. The molecule has 0 spiro atoms. The molecule has 0 unspecified atom stereocenters. The van der Waals surface area contributed by atoms with Gasteiger partial charge in [-0.05, 0) is 89.7 Å². The molecule has 6 aromatic rings. The Hall–Kier alpha value is -4.63. The Morgan fingerprint density at radius 2 is 1.03 bits per heavy atom. The number of hydrogen-bond acceptors (Lipinski definition) is 8. The molecule has 0 radical (unpaired) electrons. The minimum atomic E-state index is -4.91. The molecule has 0 aliphatic carbocycles. The third-order valence-electron chi connectivity index (χ3n) is 9.14. The number of hydrogen-bond donors (Lipinski definition) is 1. The monoisotopic (exact) mass is 920 g/mol. The maximum absolute atomic E-state index is 13.7. The number of nitrogens with zero attached hydrogens (tertiary/aromatic N) is 2. The van der Waals surface area contributed by atoms with E-state index in [9.17, 15) is 56.8 Å². The number of fused-ring (bicyclic) bond motifs is 2. The first-order valence-corrected chi connectivity index (χ1v) is 22.7. The van der Waals surface area contributed by atoms with Gasteiger partial charge in [0.2, 0.25) is 20.0 Å². The highest BCUT2D eigenvalue weighted by molar-refractivity contribution is 7.93. The van der Waals surface area contributed by atoms with Crippen LogP contribution in [0.25, 0.3) is 20.2 Å². The number of carbonyl (C=O) groups is 1. The van der Waals surface area contributed by atoms with E-state index in [1.165, 1.54) is 22.7 Å². The molecule has 0 fully saturated rings. The van der Waals surface area contributed by atoms with Gasteiger partial charge in [0.1, 0.15) is 27.9 Å². The lowest BCUT2D eigenvalue weighted by Crippen LogP contribution is -2.33. The van der Waals surface area contributed by atoms with Crippen molar-refractivity contribution in [1.29, 1.82) is 0 Å². The van der Waals surface area contributed by atoms with E-state index in [0.29, 0.717) is 51.7 Å². The van der Waals surface area contributed by atoms with Gasteiger partial charge in [0.05, 0.1) is 35.7 Å². The van der Waals surface area contributed by atoms with E-state index in [2.05, 4.69) is 0 Å². The average Bonchev–Trinajstić information content (AvgIpc) is 3.70. The maximum Gasteiger partial charge on any atom is 0.419 e. The van der Waals surface area contributed by atoms with Crippen LogP contribution in [0.2, 0.25) is 0 Å². The first-order valence-electron chi connectivity index (χ1n) is 17.8. The van der Waals surface area contributed by atoms with Crippen LogP contribution in [0.1, 0.15) is 46.2 Å². The molecule has 20 heteroatoms. The number of anilines is 2. The molecule has 4 aromatic carbocycles. The van der Waals surface area contributed by atoms with Crippen molar-refractivity contribution in [1.82, 2.24) is 0 Å². The van der Waals surface area contributed by atoms with Crippen LogP contribution < -0.4 is 8.61 Å². The second-order valence-electron chi connectivity index (χ2n) is 13.4. The molecule has 2 heterocycles. The van der Waals surface area contributed by atoms with Crippen molar-refractivity contribution in [3.05, 3.63) is 130 Å². The van der Waals surface area contributed by atoms with E-state index < -0.39 is 67.5 Å². The van der Waals surface area contributed by atoms with Crippen LogP contribution in [-0.2, 0) is 50.3 Å². The van der Waals surface area contributed by atoms with E-state index in [1.807, 2.05) is 36.4 Å². The Labute approximate surface area is 348 Å². The summed E-state index contributed by atoms with van der Waals surface area (Å²) in [5, 5.41) is 11.4. The van der Waals surface area contributed by atoms with Gasteiger partial charge < -0.3 is 9.90 Å². The Morgan fingerprint density at radius 3 is 1.40 bits per heavy atom. The highest BCUT2D eigenvalue weighted by Crippen LogP contribution is 2.42. The van der Waals surface area contributed by atoms with Crippen LogP contribution in [0.3, 0.4) is 0 Å². The number of halogens is 8. The SMILES string of the molecule is Cc1c(N(Cc2ccc(F)c(C(F)(F)F)c2)S(=O)(=O)CCC=O)sc2ccccc12.Cc1c(N(Cc2ccc(F)c(C(F)(F)F)c2)S(=O)(=O)CCCO)sc2ccccc12. The van der Waals surface area contributed by atoms with Crippen LogP contribution >= 0.6 is 22.7 Å². The Bertz CT molecular complexity index is 2710. The molecule has 0 bridgehead atoms. The molecule has 6 rings (SSSR count). The second kappa shape index (κ2) is 18.6. The summed E-state index contributed by atoms with van der Waals surface area (Å²) < 4.78 is 161. The van der Waals surface area contributed by atoms with E-state index >= 15 is 0 Å². The molecule has 0 atom stereocenters. The van der Waals surface area contributed by atoms with Gasteiger partial charge in [-0.15, -0.1) is 22.7 Å². The summed E-state index contributed by atoms with van der Waals surface area (Å²) in [5.41, 5.74) is -1.58. The molecule has 0 saturated heterocycles. The van der Waals surface area contributed by atoms with Gasteiger partial charge in [0.15, 0.2) is 0 Å². The Kier molecular flexibility index (Phi) is 14.4. The Balaban J connectivity index is 0.000000228. The Morgan fingerprint density at radius 1 is 0.633 bits per heavy atom. The normalized spacial score (nSPS) is 12.4. The van der Waals surface area contributed by atoms with Crippen LogP contribution in [0.15, 0.2) is 84.9 Å². The van der Waals surface area contributed by atoms with Gasteiger partial charge in [-0.3, -0.25) is 8.61 Å². The molecular formula is C40H36F8N2O6S4. The number of sulfonamides is 2. The predicted octanol–water partition coefficient (Wildman–Crippen LogP) is 10.4. The maximum atomic E-state index is 13.7. The largest absolute Gasteiger partial charge is 0.419 e. The summed E-state index contributed by atoms with van der Waals surface area (Å²) in [7, 11) is -7.98. The lowest BCUT2D eigenvalue weighted by molar-refractivity contribution is -0.140. The fourth-order valence-electron chi connectivity index (χ4n) is 6.16. The van der Waals surface area contributed by atoms with Crippen LogP contribution in [-0.4, -0.2) is 46.3 Å². The molecule has 0 saturated carbocycles. The molecule has 322 valence electrons. The number of carbonyl (C=O) groups excluding carboxylic acids is 1. The van der Waals surface area contributed by atoms with Crippen molar-refractivity contribution in [2.75, 3.05) is 26.7 Å². The lowest BCUT2D eigenvalue weighted by Gasteiger charge is -2.24. The molecule has 60 heavy (non-hydrogen) atoms. The summed E-state index contributed by atoms with van der Waals surface area (Å²) in [6.45, 7) is 2.33. The van der Waals surface area contributed by atoms with Crippen molar-refractivity contribution < 1.29 is 61.9 Å². The van der Waals surface area contributed by atoms with E-state index in [-0.39, 0.29) is 42.9 Å². The molecule has 8 nitrogen and oxygen atoms in total. The number of rotatable bonds is 14. The third kappa shape index (κ3) is 10.6. The number of aliphatic hydroxyl groups is 1. The van der Waals surface area contributed by atoms with Crippen molar-refractivity contribution in [3.63, 3.8) is 0 Å². The summed E-state index contributed by atoms with van der Waals surface area (Å²) in [6.07, 6.45) is -9.60. The van der Waals surface area contributed by atoms with Gasteiger partial charge >= 0.3 is 12.4 Å². The van der Waals surface area contributed by atoms with Gasteiger partial charge in [-0.2, -0.15) is 26.3 Å². The average molecular weight is 921 g/mol. The summed E-state index contributed by atoms with van der Waals surface area (Å²) >= 11 is 2.40. The lowest BCUT2D eigenvalue weighted by atomic mass is 10.1. The van der Waals surface area contributed by atoms with E-state index in [4.69, 9.17) is 5.11 Å². The number of aldehydes is 1.